The topological polar surface area (TPSA) is 155 Å². The molecule has 10 heteroatoms. The first-order valence-corrected chi connectivity index (χ1v) is 3.72. The second kappa shape index (κ2) is 3.56. The molecule has 1 aliphatic carbocycles. The summed E-state index contributed by atoms with van der Waals surface area (Å²) in [6.07, 6.45) is 0. The standard InChI is InChI=1S/C6H2N2O8/c9-3-1(7(13)14)4(10)6(12)2(5(3)11)8(15)16/h1-2H. The molecule has 16 heavy (non-hydrogen) atoms. The maximum absolute atomic E-state index is 11.0. The summed E-state index contributed by atoms with van der Waals surface area (Å²) in [6, 6.07) is -5.28. The Morgan fingerprint density at radius 3 is 1.00 bits per heavy atom. The van der Waals surface area contributed by atoms with Gasteiger partial charge in [-0.05, 0) is 0 Å². The van der Waals surface area contributed by atoms with Crippen LogP contribution in [-0.4, -0.2) is 45.1 Å². The van der Waals surface area contributed by atoms with Crippen LogP contribution >= 0.6 is 0 Å². The lowest BCUT2D eigenvalue weighted by Gasteiger charge is -2.13. The largest absolute Gasteiger partial charge is 0.343 e. The van der Waals surface area contributed by atoms with Gasteiger partial charge in [0.05, 0.1) is 0 Å². The summed E-state index contributed by atoms with van der Waals surface area (Å²) in [6.45, 7) is 0. The number of Topliss-reactive ketones (excluding diaryl/α,β-unsaturated/α-hetero) is 4. The highest BCUT2D eigenvalue weighted by atomic mass is 16.6. The fraction of sp³-hybridized carbons (Fsp3) is 0.333. The van der Waals surface area contributed by atoms with Crippen LogP contribution in [0.15, 0.2) is 0 Å². The summed E-state index contributed by atoms with van der Waals surface area (Å²) in [5.74, 6) is -7.35. The summed E-state index contributed by atoms with van der Waals surface area (Å²) < 4.78 is 0. The molecule has 0 aromatic carbocycles. The van der Waals surface area contributed by atoms with Gasteiger partial charge in [-0.2, -0.15) is 0 Å². The van der Waals surface area contributed by atoms with E-state index in [2.05, 4.69) is 0 Å². The number of rotatable bonds is 2. The van der Waals surface area contributed by atoms with Crippen molar-refractivity contribution in [1.29, 1.82) is 0 Å². The number of hydrogen-bond acceptors (Lipinski definition) is 8. The van der Waals surface area contributed by atoms with Crippen molar-refractivity contribution in [1.82, 2.24) is 0 Å². The van der Waals surface area contributed by atoms with E-state index in [1.807, 2.05) is 0 Å². The van der Waals surface area contributed by atoms with Crippen molar-refractivity contribution in [2.45, 2.75) is 12.1 Å². The van der Waals surface area contributed by atoms with E-state index in [1.54, 1.807) is 0 Å². The zero-order valence-electron chi connectivity index (χ0n) is 7.32. The molecule has 84 valence electrons. The minimum atomic E-state index is -2.64. The number of hydrogen-bond donors (Lipinski definition) is 0. The third-order valence-electron chi connectivity index (χ3n) is 1.90. The Bertz CT molecular complexity index is 381. The van der Waals surface area contributed by atoms with Gasteiger partial charge < -0.3 is 0 Å². The van der Waals surface area contributed by atoms with Gasteiger partial charge in [-0.1, -0.05) is 0 Å². The molecule has 0 aromatic rings. The molecule has 0 aromatic heterocycles. The SMILES string of the molecule is O=C1C(=O)C([N+](=O)[O-])C(=O)C(=O)C1[N+](=O)[O-]. The Balaban J connectivity index is 3.25. The molecular formula is C6H2N2O8. The van der Waals surface area contributed by atoms with E-state index in [0.29, 0.717) is 0 Å². The van der Waals surface area contributed by atoms with E-state index in [0.717, 1.165) is 0 Å². The molecule has 0 heterocycles. The lowest BCUT2D eigenvalue weighted by atomic mass is 9.87. The van der Waals surface area contributed by atoms with Gasteiger partial charge in [-0.25, -0.2) is 0 Å². The summed E-state index contributed by atoms with van der Waals surface area (Å²) in [4.78, 5) is 61.5. The molecule has 0 aliphatic heterocycles. The monoisotopic (exact) mass is 230 g/mol. The third kappa shape index (κ3) is 1.45. The number of carbonyl (C=O) groups is 4. The van der Waals surface area contributed by atoms with Gasteiger partial charge in [0.15, 0.2) is 0 Å². The average Bonchev–Trinajstić information content (AvgIpc) is 2.14. The quantitative estimate of drug-likeness (QED) is 0.219. The highest BCUT2D eigenvalue weighted by Crippen LogP contribution is 2.11. The van der Waals surface area contributed by atoms with Gasteiger partial charge in [0.25, 0.3) is 23.1 Å². The van der Waals surface area contributed by atoms with Crippen LogP contribution in [0, 0.1) is 20.2 Å². The van der Waals surface area contributed by atoms with Crippen molar-refractivity contribution in [3.8, 4) is 0 Å². The second-order valence-corrected chi connectivity index (χ2v) is 2.83. The molecule has 0 atom stereocenters. The van der Waals surface area contributed by atoms with Crippen molar-refractivity contribution in [3.63, 3.8) is 0 Å². The maximum Gasteiger partial charge on any atom is 0.343 e. The molecule has 1 fully saturated rings. The van der Waals surface area contributed by atoms with Crippen molar-refractivity contribution < 1.29 is 29.0 Å². The van der Waals surface area contributed by atoms with Crippen LogP contribution in [0.2, 0.25) is 0 Å². The Morgan fingerprint density at radius 1 is 0.688 bits per heavy atom. The second-order valence-electron chi connectivity index (χ2n) is 2.83. The molecule has 1 saturated carbocycles. The number of carbonyl (C=O) groups excluding carboxylic acids is 4. The van der Waals surface area contributed by atoms with Crippen LogP contribution in [0.4, 0.5) is 0 Å². The number of ketones is 4. The van der Waals surface area contributed by atoms with E-state index in [4.69, 9.17) is 0 Å². The van der Waals surface area contributed by atoms with Gasteiger partial charge in [-0.3, -0.25) is 39.4 Å². The minimum Gasteiger partial charge on any atom is -0.282 e. The van der Waals surface area contributed by atoms with E-state index >= 15 is 0 Å². The van der Waals surface area contributed by atoms with Gasteiger partial charge in [0.2, 0.25) is 0 Å². The molecule has 0 spiro atoms. The van der Waals surface area contributed by atoms with Gasteiger partial charge in [-0.15, -0.1) is 0 Å². The highest BCUT2D eigenvalue weighted by Gasteiger charge is 2.60. The summed E-state index contributed by atoms with van der Waals surface area (Å²) in [5.41, 5.74) is 0. The smallest absolute Gasteiger partial charge is 0.282 e. The molecule has 1 rings (SSSR count). The first-order valence-electron chi connectivity index (χ1n) is 3.72. The van der Waals surface area contributed by atoms with Crippen LogP contribution in [0.3, 0.4) is 0 Å². The molecular weight excluding hydrogens is 228 g/mol. The predicted octanol–water partition coefficient (Wildman–Crippen LogP) is -2.43. The van der Waals surface area contributed by atoms with Crippen LogP contribution in [-0.2, 0) is 19.2 Å². The van der Waals surface area contributed by atoms with Crippen molar-refractivity contribution >= 4 is 23.1 Å². The van der Waals surface area contributed by atoms with Gasteiger partial charge in [0.1, 0.15) is 0 Å². The van der Waals surface area contributed by atoms with Crippen LogP contribution < -0.4 is 0 Å². The Kier molecular flexibility index (Phi) is 2.57. The Labute approximate surface area is 85.5 Å². The molecule has 0 radical (unpaired) electrons. The minimum absolute atomic E-state index is 1.42. The fourth-order valence-corrected chi connectivity index (χ4v) is 1.16. The summed E-state index contributed by atoms with van der Waals surface area (Å²) in [5, 5.41) is 20.5. The van der Waals surface area contributed by atoms with Crippen LogP contribution in [0.25, 0.3) is 0 Å². The lowest BCUT2D eigenvalue weighted by molar-refractivity contribution is -0.502. The summed E-state index contributed by atoms with van der Waals surface area (Å²) in [7, 11) is 0. The van der Waals surface area contributed by atoms with Crippen molar-refractivity contribution in [3.05, 3.63) is 20.2 Å². The summed E-state index contributed by atoms with van der Waals surface area (Å²) >= 11 is 0. The van der Waals surface area contributed by atoms with Crippen molar-refractivity contribution in [2.24, 2.45) is 0 Å². The molecule has 1 aliphatic rings. The zero-order valence-corrected chi connectivity index (χ0v) is 7.32. The average molecular weight is 230 g/mol. The number of nitrogens with zero attached hydrogens (tertiary/aromatic N) is 2. The Hall–Kier alpha value is -2.52. The first kappa shape index (κ1) is 11.6. The lowest BCUT2D eigenvalue weighted by Crippen LogP contribution is -2.59. The van der Waals surface area contributed by atoms with Gasteiger partial charge in [0, 0.05) is 9.85 Å². The van der Waals surface area contributed by atoms with E-state index in [1.165, 1.54) is 0 Å². The number of nitro groups is 2. The normalized spacial score (nSPS) is 25.8. The van der Waals surface area contributed by atoms with Crippen molar-refractivity contribution in [2.75, 3.05) is 0 Å². The first-order chi connectivity index (χ1) is 7.29. The van der Waals surface area contributed by atoms with Crippen LogP contribution in [0.1, 0.15) is 0 Å². The highest BCUT2D eigenvalue weighted by molar-refractivity contribution is 6.62. The maximum atomic E-state index is 11.0. The predicted molar refractivity (Wildman–Crippen MR) is 41.6 cm³/mol. The van der Waals surface area contributed by atoms with Crippen LogP contribution in [0.5, 0.6) is 0 Å². The molecule has 0 saturated heterocycles. The third-order valence-corrected chi connectivity index (χ3v) is 1.90. The van der Waals surface area contributed by atoms with E-state index < -0.39 is 45.1 Å². The fourth-order valence-electron chi connectivity index (χ4n) is 1.16. The molecule has 0 amide bonds. The molecule has 0 unspecified atom stereocenters. The molecule has 10 nitrogen and oxygen atoms in total. The molecule has 0 bridgehead atoms. The van der Waals surface area contributed by atoms with E-state index in [9.17, 15) is 39.4 Å². The Morgan fingerprint density at radius 2 is 0.875 bits per heavy atom. The van der Waals surface area contributed by atoms with Gasteiger partial charge >= 0.3 is 12.1 Å². The molecule has 0 N–H and O–H groups in total. The zero-order chi connectivity index (χ0) is 12.6. The van der Waals surface area contributed by atoms with E-state index in [-0.39, 0.29) is 0 Å².